The van der Waals surface area contributed by atoms with Crippen LogP contribution < -0.4 is 11.1 Å². The summed E-state index contributed by atoms with van der Waals surface area (Å²) in [5.41, 5.74) is 4.40. The Morgan fingerprint density at radius 3 is 1.45 bits per heavy atom. The van der Waals surface area contributed by atoms with Gasteiger partial charge in [0.2, 0.25) is 0 Å². The van der Waals surface area contributed by atoms with Gasteiger partial charge in [0, 0.05) is 7.05 Å². The normalized spacial score (nSPS) is 5.18. The van der Waals surface area contributed by atoms with Gasteiger partial charge in [0.25, 0.3) is 10.3 Å². The molecule has 0 spiro atoms. The molecule has 0 aliphatic rings. The molecule has 5 nitrogen and oxygen atoms in total. The first-order valence-electron chi connectivity index (χ1n) is 1.89. The molecule has 0 atom stereocenters. The zero-order chi connectivity index (χ0) is 7.86. The van der Waals surface area contributed by atoms with Crippen LogP contribution in [0.5, 0.6) is 0 Å². The van der Waals surface area contributed by atoms with Crippen LogP contribution in [0.3, 0.4) is 0 Å². The number of thiocarbonyl (C=S) groups is 2. The monoisotopic (exact) mass is 226 g/mol. The van der Waals surface area contributed by atoms with Crippen LogP contribution in [0.25, 0.3) is 0 Å². The second kappa shape index (κ2) is 17.2. The molecular weight excluding hydrogens is 215 g/mol. The Morgan fingerprint density at radius 1 is 1.36 bits per heavy atom. The molecule has 0 rings (SSSR count). The third-order valence-electron chi connectivity index (χ3n) is 0.214. The SMILES string of the molecule is CNC(O)=S.NC(O)=S.O.[KH]. The van der Waals surface area contributed by atoms with Crippen LogP contribution in [-0.2, 0) is 0 Å². The first-order chi connectivity index (χ1) is 4.00. The Hall–Kier alpha value is 0.976. The van der Waals surface area contributed by atoms with E-state index in [-0.39, 0.29) is 62.0 Å². The molecular formula is C3H11KN2O3S2. The average molecular weight is 226 g/mol. The summed E-state index contributed by atoms with van der Waals surface area (Å²) in [4.78, 5) is 0. The maximum atomic E-state index is 7.98. The predicted octanol–water partition coefficient (Wildman–Crippen LogP) is -1.64. The summed E-state index contributed by atoms with van der Waals surface area (Å²) in [6, 6.07) is 0. The van der Waals surface area contributed by atoms with Crippen molar-refractivity contribution in [3.63, 3.8) is 0 Å². The van der Waals surface area contributed by atoms with Crippen molar-refractivity contribution in [1.82, 2.24) is 5.32 Å². The summed E-state index contributed by atoms with van der Waals surface area (Å²) < 4.78 is 0. The second-order valence-corrected chi connectivity index (χ2v) is 1.70. The van der Waals surface area contributed by atoms with E-state index in [0.29, 0.717) is 0 Å². The second-order valence-electron chi connectivity index (χ2n) is 0.893. The first-order valence-corrected chi connectivity index (χ1v) is 2.71. The van der Waals surface area contributed by atoms with Crippen LogP contribution in [0.4, 0.5) is 0 Å². The Balaban J connectivity index is -0.0000000383. The fraction of sp³-hybridized carbons (Fsp3) is 0.333. The van der Waals surface area contributed by atoms with E-state index in [1.54, 1.807) is 7.05 Å². The number of hydrogen-bond donors (Lipinski definition) is 4. The van der Waals surface area contributed by atoms with E-state index in [9.17, 15) is 0 Å². The Labute approximate surface area is 118 Å². The minimum atomic E-state index is -0.500. The van der Waals surface area contributed by atoms with Gasteiger partial charge in [0.1, 0.15) is 0 Å². The summed E-state index contributed by atoms with van der Waals surface area (Å²) in [7, 11) is 1.56. The molecule has 0 aromatic carbocycles. The molecule has 0 saturated carbocycles. The molecule has 0 aliphatic carbocycles. The van der Waals surface area contributed by atoms with Crippen molar-refractivity contribution in [3.8, 4) is 0 Å². The van der Waals surface area contributed by atoms with Crippen LogP contribution in [0.15, 0.2) is 0 Å². The molecule has 0 heterocycles. The van der Waals surface area contributed by atoms with Gasteiger partial charge in [-0.3, -0.25) is 0 Å². The van der Waals surface area contributed by atoms with Gasteiger partial charge in [-0.2, -0.15) is 0 Å². The van der Waals surface area contributed by atoms with Crippen LogP contribution >= 0.6 is 24.4 Å². The van der Waals surface area contributed by atoms with E-state index in [1.807, 2.05) is 0 Å². The number of hydrogen-bond acceptors (Lipinski definition) is 2. The van der Waals surface area contributed by atoms with Gasteiger partial charge in [-0.05, 0) is 24.4 Å². The molecule has 0 saturated heterocycles. The Bertz CT molecular complexity index is 109. The molecule has 11 heavy (non-hydrogen) atoms. The number of nitrogens with one attached hydrogen (secondary N) is 1. The van der Waals surface area contributed by atoms with Crippen LogP contribution in [0, 0.1) is 0 Å². The van der Waals surface area contributed by atoms with E-state index in [0.717, 1.165) is 0 Å². The van der Waals surface area contributed by atoms with E-state index in [1.165, 1.54) is 0 Å². The number of rotatable bonds is 0. The van der Waals surface area contributed by atoms with Crippen molar-refractivity contribution in [1.29, 1.82) is 0 Å². The van der Waals surface area contributed by atoms with Gasteiger partial charge in [0.15, 0.2) is 0 Å². The molecule has 0 aliphatic heterocycles. The Morgan fingerprint density at radius 2 is 1.45 bits per heavy atom. The van der Waals surface area contributed by atoms with Gasteiger partial charge < -0.3 is 26.7 Å². The van der Waals surface area contributed by atoms with Crippen molar-refractivity contribution >= 4 is 86.2 Å². The van der Waals surface area contributed by atoms with E-state index in [4.69, 9.17) is 10.2 Å². The zero-order valence-corrected chi connectivity index (χ0v) is 6.92. The topological polar surface area (TPSA) is 110 Å². The van der Waals surface area contributed by atoms with Crippen molar-refractivity contribution < 1.29 is 15.7 Å². The van der Waals surface area contributed by atoms with Crippen molar-refractivity contribution in [2.75, 3.05) is 7.05 Å². The van der Waals surface area contributed by atoms with E-state index < -0.39 is 5.17 Å². The molecule has 0 aromatic heterocycles. The third kappa shape index (κ3) is 99.8. The van der Waals surface area contributed by atoms with Crippen LogP contribution in [0.1, 0.15) is 0 Å². The van der Waals surface area contributed by atoms with E-state index >= 15 is 0 Å². The summed E-state index contributed by atoms with van der Waals surface area (Å²) in [5.74, 6) is 0. The molecule has 0 bridgehead atoms. The van der Waals surface area contributed by atoms with Crippen molar-refractivity contribution in [3.05, 3.63) is 0 Å². The molecule has 64 valence electrons. The molecule has 0 unspecified atom stereocenters. The number of aliphatic hydroxyl groups excluding tert-OH is 2. The summed E-state index contributed by atoms with van der Waals surface area (Å²) in [5, 5.41) is 17.2. The predicted molar refractivity (Wildman–Crippen MR) is 54.5 cm³/mol. The fourth-order valence-electron chi connectivity index (χ4n) is 0. The molecule has 0 amide bonds. The quantitative estimate of drug-likeness (QED) is 0.291. The molecule has 8 heteroatoms. The van der Waals surface area contributed by atoms with Gasteiger partial charge in [-0.25, -0.2) is 0 Å². The molecule has 0 radical (unpaired) electrons. The van der Waals surface area contributed by atoms with Gasteiger partial charge in [0.05, 0.1) is 0 Å². The van der Waals surface area contributed by atoms with Crippen LogP contribution in [0.2, 0.25) is 0 Å². The molecule has 0 aromatic rings. The number of nitrogens with two attached hydrogens (primary N) is 1. The first kappa shape index (κ1) is 22.7. The standard InChI is InChI=1S/C2H5NOS.CH3NOS.K.H2O.H/c1-3-2(4)5;2-1(3)4;;;/h1H3,(H2,3,4,5);(H3,2,3,4);;1H2;. The average Bonchev–Trinajstić information content (AvgIpc) is 1.65. The molecule has 0 fully saturated rings. The Kier molecular flexibility index (Phi) is 35.4. The number of aliphatic hydroxyl groups is 2. The van der Waals surface area contributed by atoms with Gasteiger partial charge in [-0.1, -0.05) is 0 Å². The van der Waals surface area contributed by atoms with Crippen LogP contribution in [-0.4, -0.2) is 84.5 Å². The fourth-order valence-corrected chi connectivity index (χ4v) is 0. The summed E-state index contributed by atoms with van der Waals surface area (Å²) in [6.45, 7) is 0. The van der Waals surface area contributed by atoms with E-state index in [2.05, 4.69) is 35.5 Å². The van der Waals surface area contributed by atoms with Gasteiger partial charge in [-0.15, -0.1) is 0 Å². The summed E-state index contributed by atoms with van der Waals surface area (Å²) in [6.07, 6.45) is 0. The van der Waals surface area contributed by atoms with Crippen molar-refractivity contribution in [2.24, 2.45) is 5.73 Å². The maximum absolute atomic E-state index is 7.98. The minimum absolute atomic E-state index is 0. The van der Waals surface area contributed by atoms with Gasteiger partial charge >= 0.3 is 51.4 Å². The van der Waals surface area contributed by atoms with Crippen molar-refractivity contribution in [2.45, 2.75) is 0 Å². The molecule has 7 N–H and O–H groups in total. The summed E-state index contributed by atoms with van der Waals surface area (Å²) >= 11 is 8.01. The zero-order valence-electron chi connectivity index (χ0n) is 5.29. The third-order valence-corrected chi connectivity index (χ3v) is 0.418.